The van der Waals surface area contributed by atoms with E-state index in [0.717, 1.165) is 42.3 Å². The van der Waals surface area contributed by atoms with E-state index >= 15 is 0 Å². The summed E-state index contributed by atoms with van der Waals surface area (Å²) < 4.78 is 11.3. The molecule has 1 aromatic heterocycles. The van der Waals surface area contributed by atoms with E-state index in [1.807, 2.05) is 26.0 Å². The number of hydrogen-bond acceptors (Lipinski definition) is 5. The molecule has 2 N–H and O–H groups in total. The first kappa shape index (κ1) is 20.8. The zero-order chi connectivity index (χ0) is 19.6. The van der Waals surface area contributed by atoms with Crippen LogP contribution >= 0.6 is 0 Å². The Hall–Kier alpha value is -2.54. The summed E-state index contributed by atoms with van der Waals surface area (Å²) in [4.78, 5) is 10.7. The first-order valence-corrected chi connectivity index (χ1v) is 9.22. The Balaban J connectivity index is 1.73. The fraction of sp³-hybridized carbons (Fsp3) is 0.500. The molecule has 2 aromatic rings. The van der Waals surface area contributed by atoms with Crippen molar-refractivity contribution >= 4 is 5.96 Å². The summed E-state index contributed by atoms with van der Waals surface area (Å²) in [5.41, 5.74) is 2.07. The molecule has 0 bridgehead atoms. The maximum Gasteiger partial charge on any atom is 0.214 e. The zero-order valence-electron chi connectivity index (χ0n) is 17.0. The maximum atomic E-state index is 5.76. The maximum absolute atomic E-state index is 5.76. The molecular weight excluding hydrogens is 342 g/mol. The molecule has 148 valence electrons. The number of aromatic nitrogens is 1. The number of aryl methyl sites for hydroxylation is 2. The highest BCUT2D eigenvalue weighted by molar-refractivity contribution is 5.79. The van der Waals surface area contributed by atoms with Crippen molar-refractivity contribution in [2.24, 2.45) is 4.99 Å². The predicted octanol–water partition coefficient (Wildman–Crippen LogP) is 2.49. The average Bonchev–Trinajstić information content (AvgIpc) is 2.97. The number of nitrogens with zero attached hydrogens (tertiary/aromatic N) is 3. The lowest BCUT2D eigenvalue weighted by molar-refractivity contribution is 0.281. The van der Waals surface area contributed by atoms with Crippen LogP contribution in [0, 0.1) is 13.8 Å². The fourth-order valence-electron chi connectivity index (χ4n) is 2.45. The second kappa shape index (κ2) is 10.6. The molecule has 0 spiro atoms. The quantitative estimate of drug-likeness (QED) is 0.400. The van der Waals surface area contributed by atoms with Gasteiger partial charge in [0.2, 0.25) is 5.89 Å². The third-order valence-corrected chi connectivity index (χ3v) is 4.11. The van der Waals surface area contributed by atoms with Crippen molar-refractivity contribution in [3.05, 3.63) is 47.2 Å². The summed E-state index contributed by atoms with van der Waals surface area (Å²) in [6.07, 6.45) is 1.02. The molecule has 0 saturated carbocycles. The van der Waals surface area contributed by atoms with Gasteiger partial charge in [-0.2, -0.15) is 0 Å². The van der Waals surface area contributed by atoms with Gasteiger partial charge in [-0.25, -0.2) is 4.98 Å². The summed E-state index contributed by atoms with van der Waals surface area (Å²) in [5.74, 6) is 3.10. The number of ether oxygens (including phenoxy) is 1. The number of guanidine groups is 1. The topological polar surface area (TPSA) is 74.9 Å². The van der Waals surface area contributed by atoms with Gasteiger partial charge in [-0.3, -0.25) is 4.99 Å². The molecule has 0 atom stereocenters. The van der Waals surface area contributed by atoms with Crippen molar-refractivity contribution in [1.29, 1.82) is 0 Å². The highest BCUT2D eigenvalue weighted by Gasteiger charge is 2.06. The van der Waals surface area contributed by atoms with Gasteiger partial charge in [0.25, 0.3) is 0 Å². The van der Waals surface area contributed by atoms with Crippen LogP contribution in [0.3, 0.4) is 0 Å². The third kappa shape index (κ3) is 7.30. The minimum absolute atomic E-state index is 0.494. The molecule has 0 aliphatic rings. The summed E-state index contributed by atoms with van der Waals surface area (Å²) >= 11 is 0. The fourth-order valence-corrected chi connectivity index (χ4v) is 2.45. The molecule has 0 aliphatic carbocycles. The van der Waals surface area contributed by atoms with Gasteiger partial charge < -0.3 is 24.7 Å². The van der Waals surface area contributed by atoms with Crippen LogP contribution in [0.2, 0.25) is 0 Å². The Morgan fingerprint density at radius 1 is 1.15 bits per heavy atom. The third-order valence-electron chi connectivity index (χ3n) is 4.11. The Kier molecular flexibility index (Phi) is 8.13. The number of benzene rings is 1. The summed E-state index contributed by atoms with van der Waals surface area (Å²) in [5, 5.41) is 6.49. The molecule has 7 nitrogen and oxygen atoms in total. The minimum Gasteiger partial charge on any atom is -0.494 e. The first-order chi connectivity index (χ1) is 13.0. The van der Waals surface area contributed by atoms with Gasteiger partial charge >= 0.3 is 0 Å². The largest absolute Gasteiger partial charge is 0.494 e. The molecule has 0 radical (unpaired) electrons. The van der Waals surface area contributed by atoms with Gasteiger partial charge in [0.1, 0.15) is 11.5 Å². The van der Waals surface area contributed by atoms with E-state index in [4.69, 9.17) is 9.15 Å². The number of nitrogens with one attached hydrogen (secondary N) is 2. The highest BCUT2D eigenvalue weighted by Crippen LogP contribution is 2.12. The lowest BCUT2D eigenvalue weighted by Crippen LogP contribution is -2.36. The van der Waals surface area contributed by atoms with E-state index in [1.165, 1.54) is 0 Å². The van der Waals surface area contributed by atoms with Crippen LogP contribution in [-0.2, 0) is 13.1 Å². The Morgan fingerprint density at radius 3 is 2.44 bits per heavy atom. The monoisotopic (exact) mass is 373 g/mol. The number of oxazole rings is 1. The van der Waals surface area contributed by atoms with Crippen LogP contribution in [0.5, 0.6) is 5.75 Å². The number of aliphatic imine (C=N–C) groups is 1. The average molecular weight is 374 g/mol. The Labute approximate surface area is 161 Å². The molecule has 7 heteroatoms. The molecular formula is C20H31N5O2. The number of rotatable bonds is 9. The smallest absolute Gasteiger partial charge is 0.214 e. The van der Waals surface area contributed by atoms with Crippen molar-refractivity contribution in [3.8, 4) is 5.75 Å². The van der Waals surface area contributed by atoms with Crippen molar-refractivity contribution in [1.82, 2.24) is 20.5 Å². The Morgan fingerprint density at radius 2 is 1.85 bits per heavy atom. The molecule has 0 unspecified atom stereocenters. The van der Waals surface area contributed by atoms with Gasteiger partial charge in [-0.05, 0) is 52.1 Å². The molecule has 0 aliphatic heterocycles. The first-order valence-electron chi connectivity index (χ1n) is 9.22. The van der Waals surface area contributed by atoms with Crippen LogP contribution in [-0.4, -0.2) is 50.1 Å². The summed E-state index contributed by atoms with van der Waals surface area (Å²) in [6, 6.07) is 8.12. The molecule has 0 saturated heterocycles. The van der Waals surface area contributed by atoms with Gasteiger partial charge in [0.05, 0.1) is 18.8 Å². The molecule has 0 fully saturated rings. The summed E-state index contributed by atoms with van der Waals surface area (Å²) in [7, 11) is 5.88. The van der Waals surface area contributed by atoms with Crippen LogP contribution in [0.15, 0.2) is 33.7 Å². The van der Waals surface area contributed by atoms with Crippen molar-refractivity contribution < 1.29 is 9.15 Å². The second-order valence-corrected chi connectivity index (χ2v) is 6.68. The summed E-state index contributed by atoms with van der Waals surface area (Å²) in [6.45, 7) is 6.77. The van der Waals surface area contributed by atoms with E-state index < -0.39 is 0 Å². The SMILES string of the molecule is CN=C(NCc1ccc(OCCCN(C)C)cc1)NCc1nc(C)c(C)o1. The number of hydrogen-bond donors (Lipinski definition) is 2. The van der Waals surface area contributed by atoms with Gasteiger partial charge in [0, 0.05) is 20.1 Å². The molecule has 2 rings (SSSR count). The Bertz CT molecular complexity index is 703. The van der Waals surface area contributed by atoms with Crippen molar-refractivity contribution in [3.63, 3.8) is 0 Å². The van der Waals surface area contributed by atoms with Gasteiger partial charge in [-0.15, -0.1) is 0 Å². The zero-order valence-corrected chi connectivity index (χ0v) is 17.0. The van der Waals surface area contributed by atoms with Crippen LogP contribution in [0.25, 0.3) is 0 Å². The van der Waals surface area contributed by atoms with Crippen molar-refractivity contribution in [2.75, 3.05) is 34.3 Å². The second-order valence-electron chi connectivity index (χ2n) is 6.68. The molecule has 1 aromatic carbocycles. The molecule has 0 amide bonds. The lowest BCUT2D eigenvalue weighted by Gasteiger charge is -2.12. The minimum atomic E-state index is 0.494. The normalized spacial score (nSPS) is 11.7. The van der Waals surface area contributed by atoms with Gasteiger partial charge in [0.15, 0.2) is 5.96 Å². The van der Waals surface area contributed by atoms with E-state index in [1.54, 1.807) is 7.05 Å². The molecule has 27 heavy (non-hydrogen) atoms. The van der Waals surface area contributed by atoms with Crippen LogP contribution in [0.1, 0.15) is 29.3 Å². The standard InChI is InChI=1S/C20H31N5O2/c1-15-16(2)27-19(24-15)14-23-20(21-3)22-13-17-7-9-18(10-8-17)26-12-6-11-25(4)5/h7-10H,6,11-14H2,1-5H3,(H2,21,22,23). The van der Waals surface area contributed by atoms with E-state index in [0.29, 0.717) is 24.9 Å². The van der Waals surface area contributed by atoms with Crippen LogP contribution in [0.4, 0.5) is 0 Å². The van der Waals surface area contributed by atoms with E-state index in [9.17, 15) is 0 Å². The highest BCUT2D eigenvalue weighted by atomic mass is 16.5. The van der Waals surface area contributed by atoms with Gasteiger partial charge in [-0.1, -0.05) is 12.1 Å². The van der Waals surface area contributed by atoms with Crippen molar-refractivity contribution in [2.45, 2.75) is 33.4 Å². The van der Waals surface area contributed by atoms with Crippen LogP contribution < -0.4 is 15.4 Å². The lowest BCUT2D eigenvalue weighted by atomic mass is 10.2. The van der Waals surface area contributed by atoms with E-state index in [-0.39, 0.29) is 0 Å². The molecule has 1 heterocycles. The predicted molar refractivity (Wildman–Crippen MR) is 108 cm³/mol. The van der Waals surface area contributed by atoms with E-state index in [2.05, 4.69) is 51.7 Å².